The maximum atomic E-state index is 12.5. The Morgan fingerprint density at radius 3 is 2.38 bits per heavy atom. The Balaban J connectivity index is 1.58. The Bertz CT molecular complexity index is 847. The molecule has 0 spiro atoms. The SMILES string of the molecule is COC(=O)C1CCCCC1CNC(=O)c1ccc(Nc2nc(C)cc(C)n2)cc1. The number of ether oxygens (including phenoxy) is 1. The molecule has 0 aliphatic heterocycles. The van der Waals surface area contributed by atoms with Crippen molar-refractivity contribution in [2.75, 3.05) is 19.0 Å². The average Bonchev–Trinajstić information content (AvgIpc) is 2.71. The molecular formula is C22H28N4O3. The number of benzene rings is 1. The van der Waals surface area contributed by atoms with Crippen molar-refractivity contribution >= 4 is 23.5 Å². The highest BCUT2D eigenvalue weighted by atomic mass is 16.5. The Hall–Kier alpha value is -2.96. The van der Waals surface area contributed by atoms with Crippen molar-refractivity contribution in [1.82, 2.24) is 15.3 Å². The highest BCUT2D eigenvalue weighted by molar-refractivity contribution is 5.94. The minimum atomic E-state index is -0.173. The molecule has 1 amide bonds. The molecule has 1 aromatic carbocycles. The van der Waals surface area contributed by atoms with Crippen molar-refractivity contribution < 1.29 is 14.3 Å². The molecule has 7 heteroatoms. The summed E-state index contributed by atoms with van der Waals surface area (Å²) in [7, 11) is 1.42. The van der Waals surface area contributed by atoms with Crippen LogP contribution in [-0.2, 0) is 9.53 Å². The molecule has 1 aliphatic rings. The maximum absolute atomic E-state index is 12.5. The van der Waals surface area contributed by atoms with E-state index in [1.807, 2.05) is 32.0 Å². The number of anilines is 2. The normalized spacial score (nSPS) is 18.7. The first kappa shape index (κ1) is 20.8. The number of aromatic nitrogens is 2. The van der Waals surface area contributed by atoms with E-state index in [0.29, 0.717) is 18.1 Å². The van der Waals surface area contributed by atoms with E-state index in [1.165, 1.54) is 7.11 Å². The van der Waals surface area contributed by atoms with Crippen LogP contribution in [0.3, 0.4) is 0 Å². The quantitative estimate of drug-likeness (QED) is 0.726. The second-order valence-corrected chi connectivity index (χ2v) is 7.56. The van der Waals surface area contributed by atoms with Crippen LogP contribution in [0, 0.1) is 25.7 Å². The number of methoxy groups -OCH3 is 1. The molecule has 7 nitrogen and oxygen atoms in total. The van der Waals surface area contributed by atoms with Crippen LogP contribution in [0.15, 0.2) is 30.3 Å². The van der Waals surface area contributed by atoms with Crippen LogP contribution >= 0.6 is 0 Å². The lowest BCUT2D eigenvalue weighted by Gasteiger charge is -2.29. The number of nitrogens with zero attached hydrogens (tertiary/aromatic N) is 2. The summed E-state index contributed by atoms with van der Waals surface area (Å²) in [6.07, 6.45) is 3.87. The summed E-state index contributed by atoms with van der Waals surface area (Å²) >= 11 is 0. The number of nitrogens with one attached hydrogen (secondary N) is 2. The van der Waals surface area contributed by atoms with E-state index in [2.05, 4.69) is 20.6 Å². The molecule has 0 bridgehead atoms. The number of carbonyl (C=O) groups excluding carboxylic acids is 2. The fourth-order valence-corrected chi connectivity index (χ4v) is 3.86. The molecule has 2 unspecified atom stereocenters. The molecule has 1 fully saturated rings. The van der Waals surface area contributed by atoms with Gasteiger partial charge in [-0.1, -0.05) is 12.8 Å². The van der Waals surface area contributed by atoms with Crippen LogP contribution in [0.2, 0.25) is 0 Å². The first-order chi connectivity index (χ1) is 14.0. The van der Waals surface area contributed by atoms with Gasteiger partial charge in [0.15, 0.2) is 0 Å². The molecule has 2 N–H and O–H groups in total. The standard InChI is InChI=1S/C22H28N4O3/c1-14-12-15(2)25-22(24-14)26-18-10-8-16(9-11-18)20(27)23-13-17-6-4-5-7-19(17)21(28)29-3/h8-12,17,19H,4-7,13H2,1-3H3,(H,23,27)(H,24,25,26). The predicted molar refractivity (Wildman–Crippen MR) is 111 cm³/mol. The Labute approximate surface area is 171 Å². The number of carbonyl (C=O) groups is 2. The first-order valence-corrected chi connectivity index (χ1v) is 10.0. The van der Waals surface area contributed by atoms with Crippen molar-refractivity contribution in [2.45, 2.75) is 39.5 Å². The van der Waals surface area contributed by atoms with Gasteiger partial charge in [-0.25, -0.2) is 9.97 Å². The summed E-state index contributed by atoms with van der Waals surface area (Å²) in [6.45, 7) is 4.32. The van der Waals surface area contributed by atoms with E-state index >= 15 is 0 Å². The van der Waals surface area contributed by atoms with E-state index in [0.717, 1.165) is 42.8 Å². The number of esters is 1. The molecule has 0 saturated heterocycles. The summed E-state index contributed by atoms with van der Waals surface area (Å²) in [5, 5.41) is 6.12. The molecule has 29 heavy (non-hydrogen) atoms. The molecular weight excluding hydrogens is 368 g/mol. The zero-order valence-electron chi connectivity index (χ0n) is 17.2. The fraction of sp³-hybridized carbons (Fsp3) is 0.455. The van der Waals surface area contributed by atoms with Gasteiger partial charge in [-0.2, -0.15) is 0 Å². The lowest BCUT2D eigenvalue weighted by Crippen LogP contribution is -2.37. The topological polar surface area (TPSA) is 93.2 Å². The van der Waals surface area contributed by atoms with Gasteiger partial charge in [-0.3, -0.25) is 9.59 Å². The van der Waals surface area contributed by atoms with Gasteiger partial charge in [0, 0.05) is 29.2 Å². The van der Waals surface area contributed by atoms with Gasteiger partial charge in [0.05, 0.1) is 13.0 Å². The van der Waals surface area contributed by atoms with E-state index in [4.69, 9.17) is 4.74 Å². The van der Waals surface area contributed by atoms with Crippen molar-refractivity contribution in [3.63, 3.8) is 0 Å². The van der Waals surface area contributed by atoms with Gasteiger partial charge in [0.2, 0.25) is 5.95 Å². The van der Waals surface area contributed by atoms with E-state index in [-0.39, 0.29) is 23.7 Å². The maximum Gasteiger partial charge on any atom is 0.309 e. The van der Waals surface area contributed by atoms with Gasteiger partial charge >= 0.3 is 5.97 Å². The van der Waals surface area contributed by atoms with Gasteiger partial charge in [0.1, 0.15) is 0 Å². The number of hydrogen-bond acceptors (Lipinski definition) is 6. The van der Waals surface area contributed by atoms with Gasteiger partial charge < -0.3 is 15.4 Å². The highest BCUT2D eigenvalue weighted by Crippen LogP contribution is 2.30. The van der Waals surface area contributed by atoms with Gasteiger partial charge in [0.25, 0.3) is 5.91 Å². The molecule has 2 atom stereocenters. The first-order valence-electron chi connectivity index (χ1n) is 10.0. The number of amides is 1. The van der Waals surface area contributed by atoms with Crippen molar-refractivity contribution in [2.24, 2.45) is 11.8 Å². The highest BCUT2D eigenvalue weighted by Gasteiger charge is 2.31. The van der Waals surface area contributed by atoms with E-state index in [9.17, 15) is 9.59 Å². The molecule has 0 radical (unpaired) electrons. The van der Waals surface area contributed by atoms with Crippen LogP contribution in [0.4, 0.5) is 11.6 Å². The molecule has 1 heterocycles. The monoisotopic (exact) mass is 396 g/mol. The van der Waals surface area contributed by atoms with Crippen LogP contribution < -0.4 is 10.6 Å². The molecule has 1 aliphatic carbocycles. The molecule has 3 rings (SSSR count). The van der Waals surface area contributed by atoms with Crippen LogP contribution in [0.1, 0.15) is 47.4 Å². The largest absolute Gasteiger partial charge is 0.469 e. The summed E-state index contributed by atoms with van der Waals surface area (Å²) in [5.41, 5.74) is 3.17. The molecule has 2 aromatic rings. The Morgan fingerprint density at radius 2 is 1.72 bits per heavy atom. The van der Waals surface area contributed by atoms with E-state index < -0.39 is 0 Å². The third kappa shape index (κ3) is 5.53. The Kier molecular flexibility index (Phi) is 6.80. The van der Waals surface area contributed by atoms with Crippen molar-refractivity contribution in [3.8, 4) is 0 Å². The van der Waals surface area contributed by atoms with Gasteiger partial charge in [-0.15, -0.1) is 0 Å². The minimum Gasteiger partial charge on any atom is -0.469 e. The zero-order valence-corrected chi connectivity index (χ0v) is 17.2. The number of aryl methyl sites for hydroxylation is 2. The van der Waals surface area contributed by atoms with E-state index in [1.54, 1.807) is 12.1 Å². The third-order valence-corrected chi connectivity index (χ3v) is 5.32. The number of rotatable bonds is 6. The summed E-state index contributed by atoms with van der Waals surface area (Å²) in [6, 6.07) is 9.09. The summed E-state index contributed by atoms with van der Waals surface area (Å²) in [5.74, 6) is 0.216. The smallest absolute Gasteiger partial charge is 0.309 e. The third-order valence-electron chi connectivity index (χ3n) is 5.32. The lowest BCUT2D eigenvalue weighted by atomic mass is 9.79. The van der Waals surface area contributed by atoms with Crippen LogP contribution in [-0.4, -0.2) is 35.5 Å². The predicted octanol–water partition coefficient (Wildman–Crippen LogP) is 3.55. The lowest BCUT2D eigenvalue weighted by molar-refractivity contribution is -0.148. The number of hydrogen-bond donors (Lipinski definition) is 2. The average molecular weight is 396 g/mol. The molecule has 1 saturated carbocycles. The van der Waals surface area contributed by atoms with Crippen LogP contribution in [0.5, 0.6) is 0 Å². The summed E-state index contributed by atoms with van der Waals surface area (Å²) < 4.78 is 4.92. The summed E-state index contributed by atoms with van der Waals surface area (Å²) in [4.78, 5) is 33.2. The van der Waals surface area contributed by atoms with Gasteiger partial charge in [-0.05, 0) is 62.9 Å². The van der Waals surface area contributed by atoms with Crippen molar-refractivity contribution in [3.05, 3.63) is 47.3 Å². The second kappa shape index (κ2) is 9.49. The Morgan fingerprint density at radius 1 is 1.07 bits per heavy atom. The second-order valence-electron chi connectivity index (χ2n) is 7.56. The molecule has 154 valence electrons. The van der Waals surface area contributed by atoms with Crippen molar-refractivity contribution in [1.29, 1.82) is 0 Å². The fourth-order valence-electron chi connectivity index (χ4n) is 3.86. The molecule has 1 aromatic heterocycles. The minimum absolute atomic E-state index is 0.126. The van der Waals surface area contributed by atoms with Crippen LogP contribution in [0.25, 0.3) is 0 Å². The zero-order chi connectivity index (χ0) is 20.8.